The van der Waals surface area contributed by atoms with Gasteiger partial charge in [0.2, 0.25) is 0 Å². The SMILES string of the molecule is CCc1ccc2nc(C)cc(C(=O)NC[C@H](C)n3ccnc3)c2c1. The van der Waals surface area contributed by atoms with E-state index in [1.54, 1.807) is 12.5 Å². The summed E-state index contributed by atoms with van der Waals surface area (Å²) in [5.74, 6) is -0.0641. The smallest absolute Gasteiger partial charge is 0.252 e. The zero-order valence-electron chi connectivity index (χ0n) is 14.3. The molecule has 0 fully saturated rings. The maximum Gasteiger partial charge on any atom is 0.252 e. The average molecular weight is 322 g/mol. The van der Waals surface area contributed by atoms with E-state index >= 15 is 0 Å². The number of carbonyl (C=O) groups excluding carboxylic acids is 1. The van der Waals surface area contributed by atoms with Gasteiger partial charge in [0.1, 0.15) is 0 Å². The standard InChI is InChI=1S/C19H22N4O/c1-4-15-5-6-18-16(10-15)17(9-13(2)22-18)19(24)21-11-14(3)23-8-7-20-12-23/h5-10,12,14H,4,11H2,1-3H3,(H,21,24)/t14-/m0/s1. The number of rotatable bonds is 5. The first kappa shape index (κ1) is 16.2. The summed E-state index contributed by atoms with van der Waals surface area (Å²) in [5.41, 5.74) is 3.60. The van der Waals surface area contributed by atoms with Gasteiger partial charge in [-0.05, 0) is 44.0 Å². The Morgan fingerprint density at radius 3 is 2.88 bits per heavy atom. The van der Waals surface area contributed by atoms with E-state index in [1.807, 2.05) is 36.7 Å². The number of aromatic nitrogens is 3. The van der Waals surface area contributed by atoms with Gasteiger partial charge in [-0.1, -0.05) is 13.0 Å². The summed E-state index contributed by atoms with van der Waals surface area (Å²) in [4.78, 5) is 21.3. The van der Waals surface area contributed by atoms with Gasteiger partial charge in [0.15, 0.2) is 0 Å². The van der Waals surface area contributed by atoms with Crippen LogP contribution in [0.4, 0.5) is 0 Å². The highest BCUT2D eigenvalue weighted by molar-refractivity contribution is 6.06. The summed E-state index contributed by atoms with van der Waals surface area (Å²) in [6, 6.07) is 8.13. The highest BCUT2D eigenvalue weighted by atomic mass is 16.1. The summed E-state index contributed by atoms with van der Waals surface area (Å²) in [5, 5.41) is 3.94. The van der Waals surface area contributed by atoms with Crippen LogP contribution in [0, 0.1) is 6.92 Å². The second-order valence-electron chi connectivity index (χ2n) is 6.09. The first-order valence-corrected chi connectivity index (χ1v) is 8.24. The van der Waals surface area contributed by atoms with Crippen molar-refractivity contribution in [1.29, 1.82) is 0 Å². The Balaban J connectivity index is 1.86. The summed E-state index contributed by atoms with van der Waals surface area (Å²) in [6.07, 6.45) is 6.33. The van der Waals surface area contributed by atoms with Crippen molar-refractivity contribution in [3.05, 3.63) is 59.8 Å². The third-order valence-corrected chi connectivity index (χ3v) is 4.25. The van der Waals surface area contributed by atoms with E-state index in [-0.39, 0.29) is 11.9 Å². The molecule has 0 saturated heterocycles. The Bertz CT molecular complexity index is 855. The number of hydrogen-bond donors (Lipinski definition) is 1. The van der Waals surface area contributed by atoms with Gasteiger partial charge >= 0.3 is 0 Å². The van der Waals surface area contributed by atoms with Crippen LogP contribution in [0.5, 0.6) is 0 Å². The number of aryl methyl sites for hydroxylation is 2. The lowest BCUT2D eigenvalue weighted by molar-refractivity contribution is 0.0950. The van der Waals surface area contributed by atoms with Gasteiger partial charge in [0.25, 0.3) is 5.91 Å². The van der Waals surface area contributed by atoms with E-state index in [0.29, 0.717) is 12.1 Å². The first-order valence-electron chi connectivity index (χ1n) is 8.24. The summed E-state index contributed by atoms with van der Waals surface area (Å²) >= 11 is 0. The normalized spacial score (nSPS) is 12.3. The summed E-state index contributed by atoms with van der Waals surface area (Å²) < 4.78 is 1.98. The number of imidazole rings is 1. The molecular formula is C19H22N4O. The predicted molar refractivity (Wildman–Crippen MR) is 95.1 cm³/mol. The van der Waals surface area contributed by atoms with Crippen LogP contribution < -0.4 is 5.32 Å². The molecule has 0 spiro atoms. The molecule has 1 amide bonds. The van der Waals surface area contributed by atoms with Crippen molar-refractivity contribution in [2.75, 3.05) is 6.54 Å². The lowest BCUT2D eigenvalue weighted by atomic mass is 10.0. The third-order valence-electron chi connectivity index (χ3n) is 4.25. The Morgan fingerprint density at radius 1 is 1.33 bits per heavy atom. The van der Waals surface area contributed by atoms with Gasteiger partial charge in [-0.2, -0.15) is 0 Å². The monoisotopic (exact) mass is 322 g/mol. The molecule has 24 heavy (non-hydrogen) atoms. The fourth-order valence-electron chi connectivity index (χ4n) is 2.78. The molecule has 0 aliphatic carbocycles. The molecule has 2 heterocycles. The van der Waals surface area contributed by atoms with Gasteiger partial charge in [0, 0.05) is 36.1 Å². The van der Waals surface area contributed by atoms with Crippen LogP contribution >= 0.6 is 0 Å². The number of hydrogen-bond acceptors (Lipinski definition) is 3. The zero-order valence-corrected chi connectivity index (χ0v) is 14.3. The van der Waals surface area contributed by atoms with Gasteiger partial charge in [-0.25, -0.2) is 4.98 Å². The minimum absolute atomic E-state index is 0.0641. The maximum atomic E-state index is 12.7. The fourth-order valence-corrected chi connectivity index (χ4v) is 2.78. The largest absolute Gasteiger partial charge is 0.350 e. The lowest BCUT2D eigenvalue weighted by Gasteiger charge is -2.15. The first-order chi connectivity index (χ1) is 11.6. The van der Waals surface area contributed by atoms with E-state index in [9.17, 15) is 4.79 Å². The number of benzene rings is 1. The summed E-state index contributed by atoms with van der Waals surface area (Å²) in [6.45, 7) is 6.62. The number of fused-ring (bicyclic) bond motifs is 1. The molecule has 5 heteroatoms. The molecule has 1 N–H and O–H groups in total. The Labute approximate surface area is 141 Å². The number of carbonyl (C=O) groups is 1. The second-order valence-corrected chi connectivity index (χ2v) is 6.09. The van der Waals surface area contributed by atoms with E-state index in [1.165, 1.54) is 5.56 Å². The molecule has 3 rings (SSSR count). The molecule has 1 aromatic carbocycles. The molecule has 0 unspecified atom stereocenters. The summed E-state index contributed by atoms with van der Waals surface area (Å²) in [7, 11) is 0. The van der Waals surface area contributed by atoms with Gasteiger partial charge < -0.3 is 9.88 Å². The molecule has 124 valence electrons. The van der Waals surface area contributed by atoms with Crippen LogP contribution in [0.15, 0.2) is 43.0 Å². The van der Waals surface area contributed by atoms with Crippen molar-refractivity contribution in [2.24, 2.45) is 0 Å². The van der Waals surface area contributed by atoms with Crippen LogP contribution in [-0.4, -0.2) is 27.0 Å². The number of pyridine rings is 1. The predicted octanol–water partition coefficient (Wildman–Crippen LogP) is 3.29. The Morgan fingerprint density at radius 2 is 2.17 bits per heavy atom. The number of nitrogens with zero attached hydrogens (tertiary/aromatic N) is 3. The van der Waals surface area contributed by atoms with Crippen molar-refractivity contribution in [3.8, 4) is 0 Å². The van der Waals surface area contributed by atoms with Gasteiger partial charge in [0.05, 0.1) is 17.4 Å². The third kappa shape index (κ3) is 3.30. The van der Waals surface area contributed by atoms with Gasteiger partial charge in [-0.15, -0.1) is 0 Å². The van der Waals surface area contributed by atoms with Crippen molar-refractivity contribution in [2.45, 2.75) is 33.2 Å². The highest BCUT2D eigenvalue weighted by Crippen LogP contribution is 2.20. The van der Waals surface area contributed by atoms with Gasteiger partial charge in [-0.3, -0.25) is 9.78 Å². The fraction of sp³-hybridized carbons (Fsp3) is 0.316. The van der Waals surface area contributed by atoms with Crippen LogP contribution in [0.2, 0.25) is 0 Å². The molecule has 3 aromatic rings. The lowest BCUT2D eigenvalue weighted by Crippen LogP contribution is -2.29. The number of nitrogens with one attached hydrogen (secondary N) is 1. The van der Waals surface area contributed by atoms with Crippen LogP contribution in [0.25, 0.3) is 10.9 Å². The number of amides is 1. The molecule has 0 radical (unpaired) electrons. The molecule has 5 nitrogen and oxygen atoms in total. The molecule has 0 bridgehead atoms. The van der Waals surface area contributed by atoms with Crippen molar-refractivity contribution in [3.63, 3.8) is 0 Å². The maximum absolute atomic E-state index is 12.7. The van der Waals surface area contributed by atoms with E-state index in [0.717, 1.165) is 23.0 Å². The Hall–Kier alpha value is -2.69. The quantitative estimate of drug-likeness (QED) is 0.784. The van der Waals surface area contributed by atoms with E-state index in [4.69, 9.17) is 0 Å². The van der Waals surface area contributed by atoms with Crippen LogP contribution in [-0.2, 0) is 6.42 Å². The second kappa shape index (κ2) is 6.83. The zero-order chi connectivity index (χ0) is 17.1. The van der Waals surface area contributed by atoms with E-state index in [2.05, 4.69) is 34.3 Å². The molecule has 0 aliphatic heterocycles. The molecule has 0 aliphatic rings. The van der Waals surface area contributed by atoms with E-state index < -0.39 is 0 Å². The highest BCUT2D eigenvalue weighted by Gasteiger charge is 2.14. The molecule has 2 aromatic heterocycles. The molecule has 1 atom stereocenters. The van der Waals surface area contributed by atoms with Crippen LogP contribution in [0.3, 0.4) is 0 Å². The van der Waals surface area contributed by atoms with Crippen molar-refractivity contribution >= 4 is 16.8 Å². The minimum Gasteiger partial charge on any atom is -0.350 e. The minimum atomic E-state index is -0.0641. The van der Waals surface area contributed by atoms with Crippen molar-refractivity contribution < 1.29 is 4.79 Å². The van der Waals surface area contributed by atoms with Crippen molar-refractivity contribution in [1.82, 2.24) is 19.9 Å². The Kier molecular flexibility index (Phi) is 4.60. The molecular weight excluding hydrogens is 300 g/mol. The topological polar surface area (TPSA) is 59.8 Å². The average Bonchev–Trinajstić information content (AvgIpc) is 3.13. The molecule has 0 saturated carbocycles. The van der Waals surface area contributed by atoms with Crippen LogP contribution in [0.1, 0.15) is 41.5 Å².